The Bertz CT molecular complexity index is 1160. The molecule has 6 nitrogen and oxygen atoms in total. The molecule has 0 saturated heterocycles. The van der Waals surface area contributed by atoms with Gasteiger partial charge in [0.15, 0.2) is 6.61 Å². The summed E-state index contributed by atoms with van der Waals surface area (Å²) in [6.07, 6.45) is 0.804. The van der Waals surface area contributed by atoms with Crippen LogP contribution in [0.1, 0.15) is 18.1 Å². The van der Waals surface area contributed by atoms with E-state index in [1.807, 2.05) is 32.0 Å². The van der Waals surface area contributed by atoms with Gasteiger partial charge in [-0.25, -0.2) is 8.42 Å². The van der Waals surface area contributed by atoms with Gasteiger partial charge in [0.05, 0.1) is 4.90 Å². The van der Waals surface area contributed by atoms with E-state index in [4.69, 9.17) is 16.3 Å². The third-order valence-electron chi connectivity index (χ3n) is 4.60. The van der Waals surface area contributed by atoms with Crippen LogP contribution in [0.15, 0.2) is 71.6 Å². The van der Waals surface area contributed by atoms with Gasteiger partial charge in [0.1, 0.15) is 5.75 Å². The zero-order valence-corrected chi connectivity index (χ0v) is 18.8. The third kappa shape index (κ3) is 5.99. The number of hydrogen-bond acceptors (Lipinski definition) is 4. The second kappa shape index (κ2) is 9.85. The van der Waals surface area contributed by atoms with E-state index < -0.39 is 10.0 Å². The van der Waals surface area contributed by atoms with Gasteiger partial charge in [-0.2, -0.15) is 0 Å². The second-order valence-electron chi connectivity index (χ2n) is 6.88. The average Bonchev–Trinajstić information content (AvgIpc) is 2.75. The van der Waals surface area contributed by atoms with Crippen molar-refractivity contribution in [3.63, 3.8) is 0 Å². The molecular weight excluding hydrogens is 436 g/mol. The molecule has 0 saturated carbocycles. The highest BCUT2D eigenvalue weighted by Gasteiger charge is 2.15. The number of hydrogen-bond donors (Lipinski definition) is 2. The molecule has 0 aromatic heterocycles. The zero-order valence-electron chi connectivity index (χ0n) is 17.2. The summed E-state index contributed by atoms with van der Waals surface area (Å²) in [6.45, 7) is 3.78. The molecule has 0 aliphatic rings. The number of anilines is 2. The van der Waals surface area contributed by atoms with Gasteiger partial charge in [-0.1, -0.05) is 36.7 Å². The lowest BCUT2D eigenvalue weighted by molar-refractivity contribution is -0.118. The molecule has 0 bridgehead atoms. The highest BCUT2D eigenvalue weighted by Crippen LogP contribution is 2.22. The number of amides is 1. The van der Waals surface area contributed by atoms with Crippen LogP contribution < -0.4 is 14.8 Å². The molecule has 0 fully saturated rings. The Balaban J connectivity index is 1.60. The molecule has 0 atom stereocenters. The fourth-order valence-electron chi connectivity index (χ4n) is 2.97. The SMILES string of the molecule is CCc1cccc(C)c1NC(=O)COc1ccc(S(=O)(=O)Nc2ccc(Cl)cc2)cc1. The molecule has 3 aromatic rings. The van der Waals surface area contributed by atoms with Crippen molar-refractivity contribution in [3.05, 3.63) is 82.9 Å². The van der Waals surface area contributed by atoms with Crippen LogP contribution in [0.2, 0.25) is 5.02 Å². The van der Waals surface area contributed by atoms with Gasteiger partial charge >= 0.3 is 0 Å². The fourth-order valence-corrected chi connectivity index (χ4v) is 4.16. The summed E-state index contributed by atoms with van der Waals surface area (Å²) in [5, 5.41) is 3.40. The molecule has 0 aliphatic carbocycles. The fraction of sp³-hybridized carbons (Fsp3) is 0.174. The highest BCUT2D eigenvalue weighted by molar-refractivity contribution is 7.92. The number of para-hydroxylation sites is 1. The largest absolute Gasteiger partial charge is 0.484 e. The molecule has 0 spiro atoms. The zero-order chi connectivity index (χ0) is 22.4. The molecule has 0 heterocycles. The van der Waals surface area contributed by atoms with E-state index in [9.17, 15) is 13.2 Å². The number of sulfonamides is 1. The predicted molar refractivity (Wildman–Crippen MR) is 123 cm³/mol. The molecule has 2 N–H and O–H groups in total. The first-order valence-electron chi connectivity index (χ1n) is 9.68. The maximum Gasteiger partial charge on any atom is 0.262 e. The number of ether oxygens (including phenoxy) is 1. The lowest BCUT2D eigenvalue weighted by Gasteiger charge is -2.13. The lowest BCUT2D eigenvalue weighted by Crippen LogP contribution is -2.21. The van der Waals surface area contributed by atoms with Crippen molar-refractivity contribution in [1.29, 1.82) is 0 Å². The minimum absolute atomic E-state index is 0.0757. The summed E-state index contributed by atoms with van der Waals surface area (Å²) in [4.78, 5) is 12.4. The Morgan fingerprint density at radius 2 is 1.68 bits per heavy atom. The average molecular weight is 459 g/mol. The Morgan fingerprint density at radius 1 is 1.00 bits per heavy atom. The van der Waals surface area contributed by atoms with E-state index in [0.29, 0.717) is 16.5 Å². The van der Waals surface area contributed by atoms with Crippen LogP contribution in [-0.4, -0.2) is 20.9 Å². The quantitative estimate of drug-likeness (QED) is 0.495. The Kier molecular flexibility index (Phi) is 7.20. The van der Waals surface area contributed by atoms with Crippen molar-refractivity contribution in [2.24, 2.45) is 0 Å². The van der Waals surface area contributed by atoms with Crippen LogP contribution in [0, 0.1) is 6.92 Å². The Hall–Kier alpha value is -3.03. The van der Waals surface area contributed by atoms with E-state index in [1.54, 1.807) is 24.3 Å². The van der Waals surface area contributed by atoms with Crippen LogP contribution >= 0.6 is 11.6 Å². The first-order chi connectivity index (χ1) is 14.8. The number of carbonyl (C=O) groups excluding carboxylic acids is 1. The van der Waals surface area contributed by atoms with E-state index in [2.05, 4.69) is 10.0 Å². The van der Waals surface area contributed by atoms with Gasteiger partial charge in [0.25, 0.3) is 15.9 Å². The molecule has 3 rings (SSSR count). The second-order valence-corrected chi connectivity index (χ2v) is 9.00. The van der Waals surface area contributed by atoms with E-state index in [0.717, 1.165) is 23.2 Å². The maximum atomic E-state index is 12.5. The summed E-state index contributed by atoms with van der Waals surface area (Å²) in [6, 6.07) is 18.1. The van der Waals surface area contributed by atoms with Gasteiger partial charge in [0, 0.05) is 16.4 Å². The monoisotopic (exact) mass is 458 g/mol. The van der Waals surface area contributed by atoms with Crippen molar-refractivity contribution in [2.75, 3.05) is 16.6 Å². The molecule has 1 amide bonds. The predicted octanol–water partition coefficient (Wildman–Crippen LogP) is 5.03. The lowest BCUT2D eigenvalue weighted by atomic mass is 10.1. The Labute approximate surface area is 187 Å². The molecular formula is C23H23ClN2O4S. The van der Waals surface area contributed by atoms with Crippen LogP contribution in [0.25, 0.3) is 0 Å². The van der Waals surface area contributed by atoms with Gasteiger partial charge in [0.2, 0.25) is 0 Å². The van der Waals surface area contributed by atoms with Crippen molar-refractivity contribution in [1.82, 2.24) is 0 Å². The maximum absolute atomic E-state index is 12.5. The normalized spacial score (nSPS) is 11.1. The first-order valence-corrected chi connectivity index (χ1v) is 11.5. The summed E-state index contributed by atoms with van der Waals surface area (Å²) in [5.41, 5.74) is 3.24. The van der Waals surface area contributed by atoms with E-state index in [1.165, 1.54) is 24.3 Å². The van der Waals surface area contributed by atoms with Crippen LogP contribution in [0.5, 0.6) is 5.75 Å². The summed E-state index contributed by atoms with van der Waals surface area (Å²) in [7, 11) is -3.76. The number of nitrogens with one attached hydrogen (secondary N) is 2. The van der Waals surface area contributed by atoms with Gasteiger partial charge in [-0.3, -0.25) is 9.52 Å². The molecule has 3 aromatic carbocycles. The van der Waals surface area contributed by atoms with Crippen molar-refractivity contribution >= 4 is 38.9 Å². The smallest absolute Gasteiger partial charge is 0.262 e. The molecule has 162 valence electrons. The number of benzene rings is 3. The summed E-state index contributed by atoms with van der Waals surface area (Å²) >= 11 is 5.82. The highest BCUT2D eigenvalue weighted by atomic mass is 35.5. The minimum Gasteiger partial charge on any atom is -0.484 e. The van der Waals surface area contributed by atoms with Crippen molar-refractivity contribution in [2.45, 2.75) is 25.2 Å². The van der Waals surface area contributed by atoms with Gasteiger partial charge < -0.3 is 10.1 Å². The number of carbonyl (C=O) groups is 1. The minimum atomic E-state index is -3.76. The summed E-state index contributed by atoms with van der Waals surface area (Å²) < 4.78 is 33.0. The van der Waals surface area contributed by atoms with Crippen molar-refractivity contribution in [3.8, 4) is 5.75 Å². The third-order valence-corrected chi connectivity index (χ3v) is 6.25. The molecule has 0 aliphatic heterocycles. The Morgan fingerprint density at radius 3 is 2.32 bits per heavy atom. The summed E-state index contributed by atoms with van der Waals surface area (Å²) in [5.74, 6) is 0.103. The van der Waals surface area contributed by atoms with Gasteiger partial charge in [-0.05, 0) is 73.0 Å². The number of rotatable bonds is 8. The van der Waals surface area contributed by atoms with Crippen LogP contribution in [-0.2, 0) is 21.2 Å². The van der Waals surface area contributed by atoms with E-state index in [-0.39, 0.29) is 17.4 Å². The first kappa shape index (κ1) is 22.7. The molecule has 8 heteroatoms. The molecule has 31 heavy (non-hydrogen) atoms. The van der Waals surface area contributed by atoms with Crippen LogP contribution in [0.4, 0.5) is 11.4 Å². The standard InChI is InChI=1S/C23H23ClN2O4S/c1-3-17-6-4-5-16(2)23(17)25-22(27)15-30-20-11-13-21(14-12-20)31(28,29)26-19-9-7-18(24)8-10-19/h4-14,26H,3,15H2,1-2H3,(H,25,27). The molecule has 0 radical (unpaired) electrons. The topological polar surface area (TPSA) is 84.5 Å². The molecule has 0 unspecified atom stereocenters. The van der Waals surface area contributed by atoms with E-state index >= 15 is 0 Å². The van der Waals surface area contributed by atoms with Crippen LogP contribution in [0.3, 0.4) is 0 Å². The number of halogens is 1. The van der Waals surface area contributed by atoms with Gasteiger partial charge in [-0.15, -0.1) is 0 Å². The number of aryl methyl sites for hydroxylation is 2. The van der Waals surface area contributed by atoms with Crippen molar-refractivity contribution < 1.29 is 17.9 Å².